The van der Waals surface area contributed by atoms with Crippen molar-refractivity contribution in [3.05, 3.63) is 0 Å². The number of nitrogens with zero attached hydrogens (tertiary/aromatic N) is 1. The molecule has 2 fully saturated rings. The Balaban J connectivity index is 2.03. The van der Waals surface area contributed by atoms with Gasteiger partial charge in [0.2, 0.25) is 0 Å². The first-order valence-electron chi connectivity index (χ1n) is 6.66. The molecule has 3 nitrogen and oxygen atoms in total. The number of hydrogen-bond donors (Lipinski definition) is 1. The van der Waals surface area contributed by atoms with Gasteiger partial charge in [0.1, 0.15) is 0 Å². The molecule has 0 aromatic rings. The van der Waals surface area contributed by atoms with E-state index in [0.29, 0.717) is 11.1 Å². The fourth-order valence-electron chi connectivity index (χ4n) is 2.87. The molecule has 2 rings (SSSR count). The monoisotopic (exact) mass is 226 g/mol. The van der Waals surface area contributed by atoms with Crippen molar-refractivity contribution in [3.63, 3.8) is 0 Å². The third kappa shape index (κ3) is 2.41. The molecule has 0 saturated carbocycles. The standard InChI is InChI=1S/C13H26N2O/c1-4-12(2)11-15(8-7-14-12)13(3)5-9-16-10-6-13/h14H,4-11H2,1-3H3. The average molecular weight is 226 g/mol. The van der Waals surface area contributed by atoms with Crippen LogP contribution in [-0.2, 0) is 4.74 Å². The maximum absolute atomic E-state index is 5.49. The van der Waals surface area contributed by atoms with Crippen LogP contribution in [-0.4, -0.2) is 48.8 Å². The quantitative estimate of drug-likeness (QED) is 0.774. The highest BCUT2D eigenvalue weighted by molar-refractivity contribution is 4.97. The van der Waals surface area contributed by atoms with Crippen molar-refractivity contribution in [2.75, 3.05) is 32.8 Å². The van der Waals surface area contributed by atoms with Gasteiger partial charge in [0.05, 0.1) is 0 Å². The van der Waals surface area contributed by atoms with E-state index in [1.54, 1.807) is 0 Å². The summed E-state index contributed by atoms with van der Waals surface area (Å²) in [6.45, 7) is 12.4. The number of nitrogens with one attached hydrogen (secondary N) is 1. The van der Waals surface area contributed by atoms with Gasteiger partial charge < -0.3 is 10.1 Å². The van der Waals surface area contributed by atoms with Crippen LogP contribution in [0.15, 0.2) is 0 Å². The van der Waals surface area contributed by atoms with Crippen LogP contribution in [0.25, 0.3) is 0 Å². The SMILES string of the molecule is CCC1(C)CN(C2(C)CCOCC2)CCN1. The topological polar surface area (TPSA) is 24.5 Å². The van der Waals surface area contributed by atoms with Crippen LogP contribution in [0.1, 0.15) is 40.0 Å². The summed E-state index contributed by atoms with van der Waals surface area (Å²) in [6, 6.07) is 0. The van der Waals surface area contributed by atoms with Crippen LogP contribution in [0.3, 0.4) is 0 Å². The summed E-state index contributed by atoms with van der Waals surface area (Å²) < 4.78 is 5.49. The minimum Gasteiger partial charge on any atom is -0.381 e. The van der Waals surface area contributed by atoms with E-state index < -0.39 is 0 Å². The van der Waals surface area contributed by atoms with Crippen molar-refractivity contribution in [1.29, 1.82) is 0 Å². The third-order valence-electron chi connectivity index (χ3n) is 4.59. The lowest BCUT2D eigenvalue weighted by atomic mass is 9.86. The zero-order valence-electron chi connectivity index (χ0n) is 11.0. The minimum absolute atomic E-state index is 0.305. The molecule has 0 amide bonds. The van der Waals surface area contributed by atoms with E-state index in [1.165, 1.54) is 32.4 Å². The van der Waals surface area contributed by atoms with Crippen LogP contribution in [0.5, 0.6) is 0 Å². The Morgan fingerprint density at radius 2 is 1.94 bits per heavy atom. The molecule has 1 atom stereocenters. The van der Waals surface area contributed by atoms with Gasteiger partial charge in [-0.05, 0) is 33.1 Å². The van der Waals surface area contributed by atoms with E-state index >= 15 is 0 Å². The van der Waals surface area contributed by atoms with Gasteiger partial charge in [-0.25, -0.2) is 0 Å². The molecule has 2 saturated heterocycles. The summed E-state index contributed by atoms with van der Waals surface area (Å²) in [6.07, 6.45) is 3.58. The van der Waals surface area contributed by atoms with Crippen molar-refractivity contribution in [3.8, 4) is 0 Å². The van der Waals surface area contributed by atoms with Crippen LogP contribution >= 0.6 is 0 Å². The molecule has 0 aromatic heterocycles. The van der Waals surface area contributed by atoms with Crippen LogP contribution < -0.4 is 5.32 Å². The maximum atomic E-state index is 5.49. The molecule has 94 valence electrons. The zero-order chi connectivity index (χ0) is 11.6. The van der Waals surface area contributed by atoms with E-state index in [2.05, 4.69) is 31.0 Å². The Labute approximate surface area is 99.5 Å². The molecule has 2 aliphatic rings. The summed E-state index contributed by atoms with van der Waals surface area (Å²) >= 11 is 0. The number of rotatable bonds is 2. The second kappa shape index (κ2) is 4.63. The molecule has 16 heavy (non-hydrogen) atoms. The van der Waals surface area contributed by atoms with Gasteiger partial charge >= 0.3 is 0 Å². The minimum atomic E-state index is 0.305. The summed E-state index contributed by atoms with van der Waals surface area (Å²) in [5.74, 6) is 0. The molecule has 1 N–H and O–H groups in total. The second-order valence-corrected chi connectivity index (χ2v) is 5.87. The first-order valence-corrected chi connectivity index (χ1v) is 6.66. The highest BCUT2D eigenvalue weighted by atomic mass is 16.5. The first-order chi connectivity index (χ1) is 7.58. The fourth-order valence-corrected chi connectivity index (χ4v) is 2.87. The van der Waals surface area contributed by atoms with Crippen LogP contribution in [0.4, 0.5) is 0 Å². The van der Waals surface area contributed by atoms with E-state index in [4.69, 9.17) is 4.74 Å². The highest BCUT2D eigenvalue weighted by Gasteiger charge is 2.39. The molecular weight excluding hydrogens is 200 g/mol. The van der Waals surface area contributed by atoms with Crippen molar-refractivity contribution in [1.82, 2.24) is 10.2 Å². The van der Waals surface area contributed by atoms with Crippen LogP contribution in [0.2, 0.25) is 0 Å². The molecule has 3 heteroatoms. The Morgan fingerprint density at radius 3 is 2.56 bits per heavy atom. The molecule has 2 heterocycles. The van der Waals surface area contributed by atoms with Gasteiger partial charge in [-0.15, -0.1) is 0 Å². The third-order valence-corrected chi connectivity index (χ3v) is 4.59. The molecule has 0 aliphatic carbocycles. The van der Waals surface area contributed by atoms with Gasteiger partial charge in [-0.3, -0.25) is 4.90 Å². The first kappa shape index (κ1) is 12.3. The molecular formula is C13H26N2O. The number of hydrogen-bond acceptors (Lipinski definition) is 3. The lowest BCUT2D eigenvalue weighted by molar-refractivity contribution is -0.0404. The van der Waals surface area contributed by atoms with Crippen molar-refractivity contribution < 1.29 is 4.74 Å². The smallest absolute Gasteiger partial charge is 0.0483 e. The van der Waals surface area contributed by atoms with Crippen molar-refractivity contribution >= 4 is 0 Å². The normalized spacial score (nSPS) is 36.2. The van der Waals surface area contributed by atoms with Gasteiger partial charge in [0, 0.05) is 43.9 Å². The Kier molecular flexibility index (Phi) is 3.57. The van der Waals surface area contributed by atoms with E-state index in [-0.39, 0.29) is 0 Å². The van der Waals surface area contributed by atoms with Crippen molar-refractivity contribution in [2.45, 2.75) is 51.1 Å². The number of piperazine rings is 1. The Hall–Kier alpha value is -0.120. The lowest BCUT2D eigenvalue weighted by Crippen LogP contribution is -2.64. The molecule has 1 unspecified atom stereocenters. The van der Waals surface area contributed by atoms with Gasteiger partial charge in [-0.2, -0.15) is 0 Å². The largest absolute Gasteiger partial charge is 0.381 e. The molecule has 2 aliphatic heterocycles. The maximum Gasteiger partial charge on any atom is 0.0483 e. The van der Waals surface area contributed by atoms with Crippen molar-refractivity contribution in [2.24, 2.45) is 0 Å². The van der Waals surface area contributed by atoms with Gasteiger partial charge in [0.15, 0.2) is 0 Å². The van der Waals surface area contributed by atoms with E-state index in [0.717, 1.165) is 19.8 Å². The molecule has 0 bridgehead atoms. The zero-order valence-corrected chi connectivity index (χ0v) is 11.0. The van der Waals surface area contributed by atoms with Gasteiger partial charge in [-0.1, -0.05) is 6.92 Å². The van der Waals surface area contributed by atoms with E-state index in [1.807, 2.05) is 0 Å². The summed E-state index contributed by atoms with van der Waals surface area (Å²) in [7, 11) is 0. The molecule has 0 aromatic carbocycles. The predicted molar refractivity (Wildman–Crippen MR) is 66.7 cm³/mol. The average Bonchev–Trinajstić information content (AvgIpc) is 2.30. The number of ether oxygens (including phenoxy) is 1. The fraction of sp³-hybridized carbons (Fsp3) is 1.00. The summed E-state index contributed by atoms with van der Waals surface area (Å²) in [5, 5.41) is 3.66. The lowest BCUT2D eigenvalue weighted by Gasteiger charge is -2.51. The summed E-state index contributed by atoms with van der Waals surface area (Å²) in [5.41, 5.74) is 0.677. The van der Waals surface area contributed by atoms with Gasteiger partial charge in [0.25, 0.3) is 0 Å². The van der Waals surface area contributed by atoms with Crippen LogP contribution in [0, 0.1) is 0 Å². The second-order valence-electron chi connectivity index (χ2n) is 5.87. The highest BCUT2D eigenvalue weighted by Crippen LogP contribution is 2.30. The molecule has 0 radical (unpaired) electrons. The summed E-state index contributed by atoms with van der Waals surface area (Å²) in [4.78, 5) is 2.69. The van der Waals surface area contributed by atoms with E-state index in [9.17, 15) is 0 Å². The Bertz CT molecular complexity index is 238. The predicted octanol–water partition coefficient (Wildman–Crippen LogP) is 1.63. The molecule has 0 spiro atoms. The Morgan fingerprint density at radius 1 is 1.25 bits per heavy atom.